The van der Waals surface area contributed by atoms with Gasteiger partial charge in [-0.1, -0.05) is 30.3 Å². The fourth-order valence-electron chi connectivity index (χ4n) is 3.03. The molecule has 3 nitrogen and oxygen atoms in total. The van der Waals surface area contributed by atoms with Crippen LogP contribution in [-0.4, -0.2) is 22.6 Å². The van der Waals surface area contributed by atoms with Gasteiger partial charge < -0.3 is 9.14 Å². The molecule has 0 atom stereocenters. The Morgan fingerprint density at radius 2 is 1.81 bits per heavy atom. The molecule has 2 aromatic heterocycles. The quantitative estimate of drug-likeness (QED) is 0.711. The van der Waals surface area contributed by atoms with Crippen LogP contribution in [0.2, 0.25) is 0 Å². The molecule has 4 rings (SSSR count). The standard InChI is InChI=1S/C18H18N2O/c1-2-10-20-13-17(19-18(20)3-1)16-6-4-14(5-7-16)15-8-11-21-12-9-15/h1-7,10,13,15H,8-9,11-12H2. The van der Waals surface area contributed by atoms with E-state index < -0.39 is 0 Å². The molecule has 0 amide bonds. The van der Waals surface area contributed by atoms with E-state index in [0.29, 0.717) is 5.92 Å². The van der Waals surface area contributed by atoms with Crippen molar-refractivity contribution >= 4 is 5.65 Å². The highest BCUT2D eigenvalue weighted by atomic mass is 16.5. The van der Waals surface area contributed by atoms with Gasteiger partial charge in [0.2, 0.25) is 0 Å². The first-order valence-electron chi connectivity index (χ1n) is 7.52. The molecule has 0 aliphatic carbocycles. The maximum atomic E-state index is 5.44. The lowest BCUT2D eigenvalue weighted by molar-refractivity contribution is 0.0853. The molecular weight excluding hydrogens is 260 g/mol. The zero-order valence-corrected chi connectivity index (χ0v) is 11.9. The van der Waals surface area contributed by atoms with Crippen LogP contribution >= 0.6 is 0 Å². The van der Waals surface area contributed by atoms with Crippen LogP contribution in [0.3, 0.4) is 0 Å². The van der Waals surface area contributed by atoms with Crippen LogP contribution in [0.15, 0.2) is 54.9 Å². The Morgan fingerprint density at radius 3 is 2.57 bits per heavy atom. The summed E-state index contributed by atoms with van der Waals surface area (Å²) in [5, 5.41) is 0. The van der Waals surface area contributed by atoms with E-state index in [9.17, 15) is 0 Å². The van der Waals surface area contributed by atoms with Crippen LogP contribution in [0.25, 0.3) is 16.9 Å². The molecule has 0 radical (unpaired) electrons. The van der Waals surface area contributed by atoms with Crippen molar-refractivity contribution < 1.29 is 4.74 Å². The third-order valence-corrected chi connectivity index (χ3v) is 4.26. The number of nitrogens with zero attached hydrogens (tertiary/aromatic N) is 2. The maximum absolute atomic E-state index is 5.44. The molecule has 3 heteroatoms. The number of hydrogen-bond donors (Lipinski definition) is 0. The van der Waals surface area contributed by atoms with Crippen LogP contribution in [0, 0.1) is 0 Å². The van der Waals surface area contributed by atoms with Crippen molar-refractivity contribution in [2.75, 3.05) is 13.2 Å². The summed E-state index contributed by atoms with van der Waals surface area (Å²) in [6.07, 6.45) is 6.38. The maximum Gasteiger partial charge on any atom is 0.137 e. The van der Waals surface area contributed by atoms with E-state index in [1.54, 1.807) is 0 Å². The van der Waals surface area contributed by atoms with Gasteiger partial charge in [0, 0.05) is 31.2 Å². The average molecular weight is 278 g/mol. The topological polar surface area (TPSA) is 26.5 Å². The number of ether oxygens (including phenoxy) is 1. The van der Waals surface area contributed by atoms with E-state index in [1.807, 2.05) is 24.4 Å². The summed E-state index contributed by atoms with van der Waals surface area (Å²) in [4.78, 5) is 4.67. The Kier molecular flexibility index (Phi) is 3.20. The zero-order valence-electron chi connectivity index (χ0n) is 11.9. The van der Waals surface area contributed by atoms with Crippen molar-refractivity contribution in [3.05, 3.63) is 60.4 Å². The number of pyridine rings is 1. The molecule has 0 saturated carbocycles. The molecule has 0 N–H and O–H groups in total. The second kappa shape index (κ2) is 5.34. The Hall–Kier alpha value is -2.13. The van der Waals surface area contributed by atoms with Gasteiger partial charge in [-0.05, 0) is 36.5 Å². The Balaban J connectivity index is 1.63. The van der Waals surface area contributed by atoms with Gasteiger partial charge in [-0.2, -0.15) is 0 Å². The predicted octanol–water partition coefficient (Wildman–Crippen LogP) is 3.90. The van der Waals surface area contributed by atoms with Crippen molar-refractivity contribution in [1.29, 1.82) is 0 Å². The molecule has 106 valence electrons. The van der Waals surface area contributed by atoms with Crippen LogP contribution in [0.4, 0.5) is 0 Å². The number of fused-ring (bicyclic) bond motifs is 1. The smallest absolute Gasteiger partial charge is 0.137 e. The summed E-state index contributed by atoms with van der Waals surface area (Å²) in [7, 11) is 0. The molecule has 1 saturated heterocycles. The Morgan fingerprint density at radius 1 is 1.00 bits per heavy atom. The fraction of sp³-hybridized carbons (Fsp3) is 0.278. The highest BCUT2D eigenvalue weighted by Gasteiger charge is 2.15. The lowest BCUT2D eigenvalue weighted by Crippen LogP contribution is -2.13. The molecule has 0 spiro atoms. The van der Waals surface area contributed by atoms with E-state index in [4.69, 9.17) is 4.74 Å². The van der Waals surface area contributed by atoms with Crippen molar-refractivity contribution in [2.45, 2.75) is 18.8 Å². The largest absolute Gasteiger partial charge is 0.381 e. The molecule has 1 aliphatic rings. The summed E-state index contributed by atoms with van der Waals surface area (Å²) in [5.74, 6) is 0.647. The van der Waals surface area contributed by atoms with Crippen molar-refractivity contribution in [3.8, 4) is 11.3 Å². The van der Waals surface area contributed by atoms with Crippen molar-refractivity contribution in [2.24, 2.45) is 0 Å². The molecule has 3 heterocycles. The van der Waals surface area contributed by atoms with Crippen LogP contribution in [0.5, 0.6) is 0 Å². The summed E-state index contributed by atoms with van der Waals surface area (Å²) in [6.45, 7) is 1.78. The molecule has 1 aliphatic heterocycles. The molecule has 3 aromatic rings. The monoisotopic (exact) mass is 278 g/mol. The number of imidazole rings is 1. The Labute approximate surface area is 124 Å². The number of hydrogen-bond acceptors (Lipinski definition) is 2. The van der Waals surface area contributed by atoms with E-state index in [1.165, 1.54) is 11.1 Å². The summed E-state index contributed by atoms with van der Waals surface area (Å²) < 4.78 is 7.49. The van der Waals surface area contributed by atoms with Gasteiger partial charge in [-0.3, -0.25) is 0 Å². The van der Waals surface area contributed by atoms with Gasteiger partial charge in [-0.25, -0.2) is 4.98 Å². The highest BCUT2D eigenvalue weighted by Crippen LogP contribution is 2.28. The molecular formula is C18H18N2O. The van der Waals surface area contributed by atoms with E-state index in [-0.39, 0.29) is 0 Å². The average Bonchev–Trinajstić information content (AvgIpc) is 3.00. The minimum absolute atomic E-state index is 0.647. The van der Waals surface area contributed by atoms with Gasteiger partial charge in [0.25, 0.3) is 0 Å². The van der Waals surface area contributed by atoms with Gasteiger partial charge in [0.05, 0.1) is 5.69 Å². The van der Waals surface area contributed by atoms with E-state index in [0.717, 1.165) is 37.4 Å². The minimum atomic E-state index is 0.647. The van der Waals surface area contributed by atoms with Gasteiger partial charge in [0.15, 0.2) is 0 Å². The number of benzene rings is 1. The van der Waals surface area contributed by atoms with Crippen molar-refractivity contribution in [1.82, 2.24) is 9.38 Å². The Bertz CT molecular complexity index is 706. The SMILES string of the molecule is c1ccn2cc(-c3ccc(C4CCOCC4)cc3)nc2c1. The zero-order chi connectivity index (χ0) is 14.1. The molecule has 1 fully saturated rings. The normalized spacial score (nSPS) is 16.4. The third kappa shape index (κ3) is 2.45. The molecule has 0 bridgehead atoms. The van der Waals surface area contributed by atoms with E-state index >= 15 is 0 Å². The fourth-order valence-corrected chi connectivity index (χ4v) is 3.03. The predicted molar refractivity (Wildman–Crippen MR) is 83.4 cm³/mol. The first kappa shape index (κ1) is 12.6. The minimum Gasteiger partial charge on any atom is -0.381 e. The molecule has 21 heavy (non-hydrogen) atoms. The van der Waals surface area contributed by atoms with Crippen molar-refractivity contribution in [3.63, 3.8) is 0 Å². The summed E-state index contributed by atoms with van der Waals surface area (Å²) in [5.41, 5.74) is 4.61. The van der Waals surface area contributed by atoms with Gasteiger partial charge >= 0.3 is 0 Å². The second-order valence-electron chi connectivity index (χ2n) is 5.60. The van der Waals surface area contributed by atoms with Crippen LogP contribution in [0.1, 0.15) is 24.3 Å². The highest BCUT2D eigenvalue weighted by molar-refractivity contribution is 5.62. The number of rotatable bonds is 2. The molecule has 1 aromatic carbocycles. The number of aromatic nitrogens is 2. The first-order chi connectivity index (χ1) is 10.4. The summed E-state index contributed by atoms with van der Waals surface area (Å²) in [6, 6.07) is 14.9. The van der Waals surface area contributed by atoms with Gasteiger partial charge in [0.1, 0.15) is 5.65 Å². The third-order valence-electron chi connectivity index (χ3n) is 4.26. The second-order valence-corrected chi connectivity index (χ2v) is 5.60. The van der Waals surface area contributed by atoms with Gasteiger partial charge in [-0.15, -0.1) is 0 Å². The van der Waals surface area contributed by atoms with E-state index in [2.05, 4.69) is 39.8 Å². The molecule has 0 unspecified atom stereocenters. The lowest BCUT2D eigenvalue weighted by Gasteiger charge is -2.22. The lowest BCUT2D eigenvalue weighted by atomic mass is 9.91. The first-order valence-corrected chi connectivity index (χ1v) is 7.52. The van der Waals surface area contributed by atoms with Crippen LogP contribution in [-0.2, 0) is 4.74 Å². The summed E-state index contributed by atoms with van der Waals surface area (Å²) >= 11 is 0. The van der Waals surface area contributed by atoms with Crippen LogP contribution < -0.4 is 0 Å².